The first-order valence-electron chi connectivity index (χ1n) is 9.64. The van der Waals surface area contributed by atoms with Gasteiger partial charge in [-0.25, -0.2) is 9.97 Å². The molecule has 1 N–H and O–H groups in total. The molecule has 1 aromatic heterocycles. The summed E-state index contributed by atoms with van der Waals surface area (Å²) in [5.74, 6) is 1.94. The first kappa shape index (κ1) is 20.1. The van der Waals surface area contributed by atoms with Gasteiger partial charge in [0.2, 0.25) is 11.9 Å². The zero-order valence-electron chi connectivity index (χ0n) is 16.8. The molecule has 0 spiro atoms. The molecule has 0 unspecified atom stereocenters. The number of nitrogens with one attached hydrogen (secondary N) is 1. The smallest absolute Gasteiger partial charge is 0.225 e. The quantitative estimate of drug-likeness (QED) is 0.747. The summed E-state index contributed by atoms with van der Waals surface area (Å²) in [4.78, 5) is 25.7. The maximum absolute atomic E-state index is 12.6. The first-order valence-corrected chi connectivity index (χ1v) is 9.64. The third kappa shape index (κ3) is 5.19. The van der Waals surface area contributed by atoms with Crippen molar-refractivity contribution in [3.8, 4) is 5.75 Å². The second-order valence-corrected chi connectivity index (χ2v) is 7.46. The number of carbonyl (C=O) groups is 1. The van der Waals surface area contributed by atoms with Gasteiger partial charge < -0.3 is 19.9 Å². The summed E-state index contributed by atoms with van der Waals surface area (Å²) >= 11 is 0. The van der Waals surface area contributed by atoms with E-state index in [2.05, 4.69) is 39.2 Å². The highest BCUT2D eigenvalue weighted by atomic mass is 16.5. The lowest BCUT2D eigenvalue weighted by Crippen LogP contribution is -2.43. The van der Waals surface area contributed by atoms with E-state index >= 15 is 0 Å². The Balaban J connectivity index is 1.60. The second-order valence-electron chi connectivity index (χ2n) is 7.46. The summed E-state index contributed by atoms with van der Waals surface area (Å²) in [6.45, 7) is 2.46. The van der Waals surface area contributed by atoms with Crippen LogP contribution >= 0.6 is 0 Å². The van der Waals surface area contributed by atoms with Gasteiger partial charge in [-0.05, 0) is 38.2 Å². The number of amides is 1. The number of ether oxygens (including phenoxy) is 1. The highest BCUT2D eigenvalue weighted by Gasteiger charge is 2.35. The largest absolute Gasteiger partial charge is 0.496 e. The van der Waals surface area contributed by atoms with E-state index in [1.54, 1.807) is 19.5 Å². The number of hydrogen-bond acceptors (Lipinski definition) is 6. The van der Waals surface area contributed by atoms with Gasteiger partial charge in [0.1, 0.15) is 5.75 Å². The number of para-hydroxylation sites is 1. The van der Waals surface area contributed by atoms with Gasteiger partial charge in [-0.15, -0.1) is 0 Å². The Hall–Kier alpha value is -2.67. The molecule has 7 nitrogen and oxygen atoms in total. The Kier molecular flexibility index (Phi) is 6.81. The number of carbonyl (C=O) groups excluding carboxylic acids is 1. The minimum atomic E-state index is 0.0653. The molecule has 150 valence electrons. The molecule has 1 aromatic carbocycles. The lowest BCUT2D eigenvalue weighted by Gasteiger charge is -2.22. The van der Waals surface area contributed by atoms with Crippen molar-refractivity contribution < 1.29 is 9.53 Å². The third-order valence-corrected chi connectivity index (χ3v) is 5.04. The number of benzene rings is 1. The zero-order chi connectivity index (χ0) is 19.9. The summed E-state index contributed by atoms with van der Waals surface area (Å²) in [6.07, 6.45) is 4.60. The van der Waals surface area contributed by atoms with Gasteiger partial charge in [-0.3, -0.25) is 4.79 Å². The highest BCUT2D eigenvalue weighted by molar-refractivity contribution is 5.76. The van der Waals surface area contributed by atoms with Crippen molar-refractivity contribution in [2.45, 2.75) is 18.9 Å². The van der Waals surface area contributed by atoms with E-state index in [1.165, 1.54) is 0 Å². The molecule has 1 fully saturated rings. The molecule has 0 saturated carbocycles. The molecule has 3 rings (SSSR count). The van der Waals surface area contributed by atoms with Gasteiger partial charge in [0.15, 0.2) is 0 Å². The number of rotatable bonds is 8. The van der Waals surface area contributed by atoms with Crippen LogP contribution < -0.4 is 15.0 Å². The Morgan fingerprint density at radius 1 is 1.21 bits per heavy atom. The molecule has 28 heavy (non-hydrogen) atoms. The van der Waals surface area contributed by atoms with Crippen molar-refractivity contribution in [3.63, 3.8) is 0 Å². The van der Waals surface area contributed by atoms with Crippen LogP contribution in [0.15, 0.2) is 42.7 Å². The van der Waals surface area contributed by atoms with Crippen LogP contribution in [0.5, 0.6) is 5.75 Å². The molecule has 0 bridgehead atoms. The fourth-order valence-corrected chi connectivity index (χ4v) is 3.74. The van der Waals surface area contributed by atoms with Gasteiger partial charge in [-0.1, -0.05) is 18.2 Å². The van der Waals surface area contributed by atoms with E-state index in [9.17, 15) is 4.79 Å². The number of aryl methyl sites for hydroxylation is 1. The number of aromatic nitrogens is 2. The third-order valence-electron chi connectivity index (χ3n) is 5.04. The molecular weight excluding hydrogens is 354 g/mol. The van der Waals surface area contributed by atoms with Crippen LogP contribution in [0, 0.1) is 5.92 Å². The molecule has 0 aliphatic carbocycles. The second kappa shape index (κ2) is 9.50. The molecule has 1 aliphatic heterocycles. The normalized spacial score (nSPS) is 19.1. The fraction of sp³-hybridized carbons (Fsp3) is 0.476. The van der Waals surface area contributed by atoms with Crippen molar-refractivity contribution in [2.75, 3.05) is 45.7 Å². The highest BCUT2D eigenvalue weighted by Crippen LogP contribution is 2.22. The number of nitrogens with zero attached hydrogens (tertiary/aromatic N) is 4. The predicted octanol–water partition coefficient (Wildman–Crippen LogP) is 1.60. The molecule has 2 aromatic rings. The van der Waals surface area contributed by atoms with Crippen molar-refractivity contribution >= 4 is 11.9 Å². The van der Waals surface area contributed by atoms with Crippen LogP contribution in [0.4, 0.5) is 5.95 Å². The molecule has 1 saturated heterocycles. The summed E-state index contributed by atoms with van der Waals surface area (Å²) in [6, 6.07) is 9.73. The minimum Gasteiger partial charge on any atom is -0.496 e. The Morgan fingerprint density at radius 3 is 2.68 bits per heavy atom. The molecule has 0 radical (unpaired) electrons. The molecule has 1 aliphatic rings. The van der Waals surface area contributed by atoms with E-state index in [0.717, 1.165) is 36.9 Å². The SMILES string of the molecule is COc1ccccc1CCC(=O)N[C@@H]1CN(c2ncccn2)C[C@H]1CN(C)C. The average Bonchev–Trinajstić information content (AvgIpc) is 3.09. The zero-order valence-corrected chi connectivity index (χ0v) is 16.8. The van der Waals surface area contributed by atoms with Crippen LogP contribution in [0.1, 0.15) is 12.0 Å². The standard InChI is InChI=1S/C21H29N5O2/c1-25(2)13-17-14-26(21-22-11-6-12-23-21)15-18(17)24-20(27)10-9-16-7-4-5-8-19(16)28-3/h4-8,11-12,17-18H,9-10,13-15H2,1-3H3,(H,24,27)/t17-,18-/m1/s1. The Labute approximate surface area is 166 Å². The summed E-state index contributed by atoms with van der Waals surface area (Å²) in [5.41, 5.74) is 1.05. The van der Waals surface area contributed by atoms with Crippen molar-refractivity contribution in [1.82, 2.24) is 20.2 Å². The number of anilines is 1. The lowest BCUT2D eigenvalue weighted by atomic mass is 10.0. The van der Waals surface area contributed by atoms with E-state index in [4.69, 9.17) is 4.74 Å². The topological polar surface area (TPSA) is 70.6 Å². The van der Waals surface area contributed by atoms with Gasteiger partial charge in [0, 0.05) is 44.4 Å². The summed E-state index contributed by atoms with van der Waals surface area (Å²) < 4.78 is 5.38. The van der Waals surface area contributed by atoms with Crippen molar-refractivity contribution in [2.24, 2.45) is 5.92 Å². The number of methoxy groups -OCH3 is 1. The van der Waals surface area contributed by atoms with Crippen LogP contribution in [0.3, 0.4) is 0 Å². The van der Waals surface area contributed by atoms with Crippen LogP contribution in [0.2, 0.25) is 0 Å². The summed E-state index contributed by atoms with van der Waals surface area (Å²) in [5, 5.41) is 3.24. The number of hydrogen-bond donors (Lipinski definition) is 1. The van der Waals surface area contributed by atoms with Gasteiger partial charge >= 0.3 is 0 Å². The maximum atomic E-state index is 12.6. The predicted molar refractivity (Wildman–Crippen MR) is 110 cm³/mol. The van der Waals surface area contributed by atoms with Gasteiger partial charge in [-0.2, -0.15) is 0 Å². The molecule has 2 atom stereocenters. The van der Waals surface area contributed by atoms with Crippen molar-refractivity contribution in [3.05, 3.63) is 48.3 Å². The van der Waals surface area contributed by atoms with Crippen LogP contribution in [0.25, 0.3) is 0 Å². The molecular formula is C21H29N5O2. The van der Waals surface area contributed by atoms with Crippen molar-refractivity contribution in [1.29, 1.82) is 0 Å². The Morgan fingerprint density at radius 2 is 1.96 bits per heavy atom. The average molecular weight is 383 g/mol. The monoisotopic (exact) mass is 383 g/mol. The van der Waals surface area contributed by atoms with Crippen LogP contribution in [-0.2, 0) is 11.2 Å². The first-order chi connectivity index (χ1) is 13.6. The lowest BCUT2D eigenvalue weighted by molar-refractivity contribution is -0.121. The van der Waals surface area contributed by atoms with E-state index in [0.29, 0.717) is 18.8 Å². The van der Waals surface area contributed by atoms with Crippen LogP contribution in [-0.4, -0.2) is 67.7 Å². The van der Waals surface area contributed by atoms with E-state index in [1.807, 2.05) is 30.3 Å². The van der Waals surface area contributed by atoms with E-state index in [-0.39, 0.29) is 11.9 Å². The fourth-order valence-electron chi connectivity index (χ4n) is 3.74. The Bertz CT molecular complexity index is 768. The maximum Gasteiger partial charge on any atom is 0.225 e. The summed E-state index contributed by atoms with van der Waals surface area (Å²) in [7, 11) is 5.77. The molecule has 1 amide bonds. The van der Waals surface area contributed by atoms with E-state index < -0.39 is 0 Å². The van der Waals surface area contributed by atoms with Gasteiger partial charge in [0.25, 0.3) is 0 Å². The molecule has 7 heteroatoms. The van der Waals surface area contributed by atoms with Gasteiger partial charge in [0.05, 0.1) is 13.2 Å². The minimum absolute atomic E-state index is 0.0653. The molecule has 2 heterocycles.